The first-order valence-electron chi connectivity index (χ1n) is 3.95. The van der Waals surface area contributed by atoms with Gasteiger partial charge in [0.1, 0.15) is 0 Å². The van der Waals surface area contributed by atoms with E-state index in [4.69, 9.17) is 5.11 Å². The summed E-state index contributed by atoms with van der Waals surface area (Å²) in [4.78, 5) is 21.8. The van der Waals surface area contributed by atoms with Crippen LogP contribution in [0.5, 0.6) is 0 Å². The zero-order valence-corrected chi connectivity index (χ0v) is 8.61. The lowest BCUT2D eigenvalue weighted by Crippen LogP contribution is -2.46. The topological polar surface area (TPSA) is 112 Å². The van der Waals surface area contributed by atoms with Crippen LogP contribution in [0.25, 0.3) is 0 Å². The quantitative estimate of drug-likeness (QED) is 0.619. The molecule has 0 radical (unpaired) electrons. The molecule has 0 bridgehead atoms. The van der Waals surface area contributed by atoms with Crippen LogP contribution in [-0.2, 0) is 4.79 Å². The lowest BCUT2D eigenvalue weighted by atomic mass is 10.1. The Morgan fingerprint density at radius 1 is 1.67 bits per heavy atom. The maximum absolute atomic E-state index is 11.3. The van der Waals surface area contributed by atoms with E-state index in [0.29, 0.717) is 0 Å². The van der Waals surface area contributed by atoms with E-state index in [0.717, 1.165) is 18.7 Å². The number of carboxylic acids is 1. The number of amides is 1. The molecule has 0 saturated carbocycles. The van der Waals surface area contributed by atoms with Gasteiger partial charge in [0.05, 0.1) is 24.5 Å². The van der Waals surface area contributed by atoms with Crippen molar-refractivity contribution in [2.24, 2.45) is 0 Å². The second-order valence-electron chi connectivity index (χ2n) is 3.05. The van der Waals surface area contributed by atoms with E-state index in [1.54, 1.807) is 0 Å². The van der Waals surface area contributed by atoms with Gasteiger partial charge in [-0.1, -0.05) is 0 Å². The average Bonchev–Trinajstić information content (AvgIpc) is 2.66. The van der Waals surface area contributed by atoms with Crippen LogP contribution >= 0.6 is 11.7 Å². The van der Waals surface area contributed by atoms with Crippen LogP contribution in [0.2, 0.25) is 0 Å². The van der Waals surface area contributed by atoms with Crippen molar-refractivity contribution < 1.29 is 19.8 Å². The second-order valence-corrected chi connectivity index (χ2v) is 3.61. The van der Waals surface area contributed by atoms with E-state index in [1.807, 2.05) is 0 Å². The van der Waals surface area contributed by atoms with Gasteiger partial charge in [0.15, 0.2) is 11.3 Å². The molecule has 1 amide bonds. The lowest BCUT2D eigenvalue weighted by Gasteiger charge is -2.17. The van der Waals surface area contributed by atoms with Crippen molar-refractivity contribution in [2.45, 2.75) is 12.5 Å². The number of hydrogen-bond donors (Lipinski definition) is 3. The van der Waals surface area contributed by atoms with E-state index in [2.05, 4.69) is 14.1 Å². The molecule has 1 aromatic heterocycles. The summed E-state index contributed by atoms with van der Waals surface area (Å²) >= 11 is 0.868. The Morgan fingerprint density at radius 2 is 2.33 bits per heavy atom. The normalized spacial score (nSPS) is 14.3. The van der Waals surface area contributed by atoms with E-state index in [9.17, 15) is 14.7 Å². The molecule has 0 aliphatic heterocycles. The largest absolute Gasteiger partial charge is 0.479 e. The molecule has 1 atom stereocenters. The second kappa shape index (κ2) is 4.32. The Bertz CT molecular complexity index is 362. The van der Waals surface area contributed by atoms with Gasteiger partial charge in [-0.3, -0.25) is 4.79 Å². The molecule has 1 aromatic rings. The Labute approximate surface area is 89.1 Å². The fourth-order valence-corrected chi connectivity index (χ4v) is 1.10. The van der Waals surface area contributed by atoms with E-state index < -0.39 is 24.0 Å². The highest BCUT2D eigenvalue weighted by atomic mass is 32.1. The molecule has 0 spiro atoms. The van der Waals surface area contributed by atoms with Gasteiger partial charge in [0, 0.05) is 0 Å². The van der Waals surface area contributed by atoms with Gasteiger partial charge in [0.2, 0.25) is 0 Å². The van der Waals surface area contributed by atoms with Gasteiger partial charge in [-0.2, -0.15) is 8.75 Å². The Hall–Kier alpha value is -1.54. The van der Waals surface area contributed by atoms with E-state index in [-0.39, 0.29) is 5.69 Å². The maximum Gasteiger partial charge on any atom is 0.337 e. The van der Waals surface area contributed by atoms with Gasteiger partial charge < -0.3 is 15.5 Å². The minimum Gasteiger partial charge on any atom is -0.479 e. The molecule has 0 saturated heterocycles. The van der Waals surface area contributed by atoms with Crippen LogP contribution in [0.15, 0.2) is 6.20 Å². The van der Waals surface area contributed by atoms with Gasteiger partial charge >= 0.3 is 5.97 Å². The van der Waals surface area contributed by atoms with Crippen molar-refractivity contribution in [1.82, 2.24) is 14.1 Å². The fourth-order valence-electron chi connectivity index (χ4n) is 0.683. The fraction of sp³-hybridized carbons (Fsp3) is 0.429. The number of hydrogen-bond acceptors (Lipinski definition) is 6. The number of carbonyl (C=O) groups excluding carboxylic acids is 1. The van der Waals surface area contributed by atoms with Gasteiger partial charge in [-0.25, -0.2) is 4.79 Å². The molecular formula is C7H9N3O4S. The SMILES string of the molecule is CC(O)(CNC(=O)c1cnsn1)C(=O)O. The molecule has 0 aliphatic rings. The van der Waals surface area contributed by atoms with Gasteiger partial charge in [0.25, 0.3) is 5.91 Å². The monoisotopic (exact) mass is 231 g/mol. The molecule has 1 heterocycles. The average molecular weight is 231 g/mol. The van der Waals surface area contributed by atoms with Crippen molar-refractivity contribution in [3.63, 3.8) is 0 Å². The summed E-state index contributed by atoms with van der Waals surface area (Å²) in [6, 6.07) is 0. The smallest absolute Gasteiger partial charge is 0.337 e. The number of aliphatic carboxylic acids is 1. The van der Waals surface area contributed by atoms with E-state index in [1.165, 1.54) is 6.20 Å². The molecule has 0 aliphatic carbocycles. The molecule has 1 unspecified atom stereocenters. The molecule has 15 heavy (non-hydrogen) atoms. The van der Waals surface area contributed by atoms with Crippen LogP contribution in [0.3, 0.4) is 0 Å². The summed E-state index contributed by atoms with van der Waals surface area (Å²) in [5, 5.41) is 20.1. The first kappa shape index (κ1) is 11.5. The molecular weight excluding hydrogens is 222 g/mol. The Balaban J connectivity index is 2.51. The first-order valence-corrected chi connectivity index (χ1v) is 4.68. The van der Waals surface area contributed by atoms with Gasteiger partial charge in [-0.05, 0) is 6.92 Å². The van der Waals surface area contributed by atoms with Crippen molar-refractivity contribution in [3.05, 3.63) is 11.9 Å². The summed E-state index contributed by atoms with van der Waals surface area (Å²) in [5.41, 5.74) is -1.89. The molecule has 82 valence electrons. The van der Waals surface area contributed by atoms with E-state index >= 15 is 0 Å². The summed E-state index contributed by atoms with van der Waals surface area (Å²) in [7, 11) is 0. The van der Waals surface area contributed by atoms with Crippen molar-refractivity contribution in [1.29, 1.82) is 0 Å². The third-order valence-electron chi connectivity index (χ3n) is 1.65. The zero-order chi connectivity index (χ0) is 11.5. The van der Waals surface area contributed by atoms with Crippen molar-refractivity contribution in [2.75, 3.05) is 6.54 Å². The molecule has 1 rings (SSSR count). The Kier molecular flexibility index (Phi) is 3.32. The van der Waals surface area contributed by atoms with Crippen molar-refractivity contribution >= 4 is 23.6 Å². The zero-order valence-electron chi connectivity index (χ0n) is 7.80. The number of nitrogens with one attached hydrogen (secondary N) is 1. The van der Waals surface area contributed by atoms with Crippen molar-refractivity contribution in [3.8, 4) is 0 Å². The van der Waals surface area contributed by atoms with Crippen LogP contribution in [-0.4, -0.2) is 43.0 Å². The predicted octanol–water partition coefficient (Wildman–Crippen LogP) is -0.897. The number of nitrogens with zero attached hydrogens (tertiary/aromatic N) is 2. The maximum atomic E-state index is 11.3. The third-order valence-corrected chi connectivity index (χ3v) is 2.13. The molecule has 8 heteroatoms. The minimum atomic E-state index is -1.99. The highest BCUT2D eigenvalue weighted by Crippen LogP contribution is 2.02. The number of aromatic nitrogens is 2. The number of carbonyl (C=O) groups is 2. The third kappa shape index (κ3) is 2.96. The predicted molar refractivity (Wildman–Crippen MR) is 50.5 cm³/mol. The van der Waals surface area contributed by atoms with Crippen LogP contribution < -0.4 is 5.32 Å². The molecule has 3 N–H and O–H groups in total. The summed E-state index contributed by atoms with van der Waals surface area (Å²) < 4.78 is 7.26. The highest BCUT2D eigenvalue weighted by molar-refractivity contribution is 6.99. The van der Waals surface area contributed by atoms with Crippen LogP contribution in [0, 0.1) is 0 Å². The number of rotatable bonds is 4. The van der Waals surface area contributed by atoms with Gasteiger partial charge in [-0.15, -0.1) is 0 Å². The molecule has 0 aromatic carbocycles. The summed E-state index contributed by atoms with van der Waals surface area (Å²) in [6.07, 6.45) is 1.26. The summed E-state index contributed by atoms with van der Waals surface area (Å²) in [6.45, 7) is 0.702. The standard InChI is InChI=1S/C7H9N3O4S/c1-7(14,6(12)13)3-8-5(11)4-2-9-15-10-4/h2,14H,3H2,1H3,(H,8,11)(H,12,13). The van der Waals surface area contributed by atoms with Crippen LogP contribution in [0.1, 0.15) is 17.4 Å². The number of aliphatic hydroxyl groups is 1. The Morgan fingerprint density at radius 3 is 2.80 bits per heavy atom. The minimum absolute atomic E-state index is 0.0983. The molecule has 7 nitrogen and oxygen atoms in total. The number of carboxylic acid groups (broad SMARTS) is 1. The van der Waals surface area contributed by atoms with Crippen LogP contribution in [0.4, 0.5) is 0 Å². The first-order chi connectivity index (χ1) is 6.93. The summed E-state index contributed by atoms with van der Waals surface area (Å²) in [5.74, 6) is -1.97. The molecule has 0 fully saturated rings. The highest BCUT2D eigenvalue weighted by Gasteiger charge is 2.30. The lowest BCUT2D eigenvalue weighted by molar-refractivity contribution is -0.155.